The molecule has 2 N–H and O–H groups in total. The predicted molar refractivity (Wildman–Crippen MR) is 120 cm³/mol. The molecule has 2 aromatic carbocycles. The Morgan fingerprint density at radius 1 is 1.10 bits per heavy atom. The van der Waals surface area contributed by atoms with Gasteiger partial charge in [0.05, 0.1) is 14.2 Å². The van der Waals surface area contributed by atoms with Crippen LogP contribution in [0.15, 0.2) is 47.5 Å². The average Bonchev–Trinajstić information content (AvgIpc) is 3.21. The Labute approximate surface area is 173 Å². The molecule has 1 unspecified atom stereocenters. The van der Waals surface area contributed by atoms with Crippen molar-refractivity contribution in [3.05, 3.63) is 53.6 Å². The SMILES string of the molecule is CN=C(NCCc1ccc(OC)c(OC)c1)NC1CCN(c2ccc(C)cc2)C1. The summed E-state index contributed by atoms with van der Waals surface area (Å²) < 4.78 is 10.7. The first-order valence-corrected chi connectivity index (χ1v) is 10.1. The zero-order valence-electron chi connectivity index (χ0n) is 17.9. The van der Waals surface area contributed by atoms with Gasteiger partial charge in [-0.2, -0.15) is 0 Å². The maximum atomic E-state index is 5.38. The van der Waals surface area contributed by atoms with Gasteiger partial charge in [-0.3, -0.25) is 4.99 Å². The maximum Gasteiger partial charge on any atom is 0.191 e. The topological polar surface area (TPSA) is 58.1 Å². The number of rotatable bonds is 7. The van der Waals surface area contributed by atoms with E-state index in [0.717, 1.165) is 49.9 Å². The fourth-order valence-corrected chi connectivity index (χ4v) is 3.62. The van der Waals surface area contributed by atoms with Gasteiger partial charge >= 0.3 is 0 Å². The molecule has 0 amide bonds. The first-order chi connectivity index (χ1) is 14.1. The van der Waals surface area contributed by atoms with Crippen molar-refractivity contribution in [2.24, 2.45) is 4.99 Å². The molecule has 0 radical (unpaired) electrons. The van der Waals surface area contributed by atoms with E-state index < -0.39 is 0 Å². The van der Waals surface area contributed by atoms with Crippen LogP contribution >= 0.6 is 0 Å². The minimum Gasteiger partial charge on any atom is -0.493 e. The van der Waals surface area contributed by atoms with E-state index in [0.29, 0.717) is 6.04 Å². The lowest BCUT2D eigenvalue weighted by molar-refractivity contribution is 0.354. The van der Waals surface area contributed by atoms with Gasteiger partial charge in [0.1, 0.15) is 0 Å². The summed E-state index contributed by atoms with van der Waals surface area (Å²) in [7, 11) is 5.13. The quantitative estimate of drug-likeness (QED) is 0.557. The van der Waals surface area contributed by atoms with E-state index in [1.165, 1.54) is 16.8 Å². The molecule has 1 aliphatic heterocycles. The molecule has 3 rings (SSSR count). The Kier molecular flexibility index (Phi) is 7.22. The van der Waals surface area contributed by atoms with Crippen LogP contribution in [0.25, 0.3) is 0 Å². The lowest BCUT2D eigenvalue weighted by atomic mass is 10.1. The van der Waals surface area contributed by atoms with Gasteiger partial charge < -0.3 is 25.0 Å². The summed E-state index contributed by atoms with van der Waals surface area (Å²) in [5.41, 5.74) is 3.77. The fraction of sp³-hybridized carbons (Fsp3) is 0.435. The van der Waals surface area contributed by atoms with Crippen molar-refractivity contribution in [2.45, 2.75) is 25.8 Å². The van der Waals surface area contributed by atoms with Gasteiger partial charge in [0.15, 0.2) is 17.5 Å². The molecule has 2 aromatic rings. The van der Waals surface area contributed by atoms with Crippen LogP contribution in [0, 0.1) is 6.92 Å². The van der Waals surface area contributed by atoms with Crippen LogP contribution in [0.1, 0.15) is 17.5 Å². The minimum atomic E-state index is 0.392. The van der Waals surface area contributed by atoms with Crippen LogP contribution in [0.2, 0.25) is 0 Å². The fourth-order valence-electron chi connectivity index (χ4n) is 3.62. The minimum absolute atomic E-state index is 0.392. The molecule has 6 heteroatoms. The third-order valence-electron chi connectivity index (χ3n) is 5.31. The van der Waals surface area contributed by atoms with Crippen molar-refractivity contribution < 1.29 is 9.47 Å². The number of benzene rings is 2. The second-order valence-electron chi connectivity index (χ2n) is 7.35. The number of ether oxygens (including phenoxy) is 2. The summed E-state index contributed by atoms with van der Waals surface area (Å²) in [5, 5.41) is 6.98. The maximum absolute atomic E-state index is 5.38. The number of anilines is 1. The van der Waals surface area contributed by atoms with Gasteiger partial charge in [0.2, 0.25) is 0 Å². The Morgan fingerprint density at radius 2 is 1.86 bits per heavy atom. The number of nitrogens with zero attached hydrogens (tertiary/aromatic N) is 2. The Hall–Kier alpha value is -2.89. The average molecular weight is 397 g/mol. The highest BCUT2D eigenvalue weighted by Crippen LogP contribution is 2.27. The van der Waals surface area contributed by atoms with Crippen LogP contribution in [0.5, 0.6) is 11.5 Å². The van der Waals surface area contributed by atoms with Crippen molar-refractivity contribution in [3.63, 3.8) is 0 Å². The summed E-state index contributed by atoms with van der Waals surface area (Å²) in [6, 6.07) is 15.2. The lowest BCUT2D eigenvalue weighted by Crippen LogP contribution is -2.45. The lowest BCUT2D eigenvalue weighted by Gasteiger charge is -2.20. The molecule has 1 saturated heterocycles. The molecule has 29 heavy (non-hydrogen) atoms. The molecule has 1 fully saturated rings. The highest BCUT2D eigenvalue weighted by molar-refractivity contribution is 5.80. The Morgan fingerprint density at radius 3 is 2.55 bits per heavy atom. The highest BCUT2D eigenvalue weighted by atomic mass is 16.5. The molecule has 0 aliphatic carbocycles. The molecule has 0 spiro atoms. The smallest absolute Gasteiger partial charge is 0.191 e. The number of hydrogen-bond acceptors (Lipinski definition) is 4. The van der Waals surface area contributed by atoms with E-state index in [-0.39, 0.29) is 0 Å². The third-order valence-corrected chi connectivity index (χ3v) is 5.31. The first-order valence-electron chi connectivity index (χ1n) is 10.1. The zero-order chi connectivity index (χ0) is 20.6. The van der Waals surface area contributed by atoms with E-state index in [2.05, 4.69) is 57.8 Å². The largest absolute Gasteiger partial charge is 0.493 e. The molecule has 156 valence electrons. The second-order valence-corrected chi connectivity index (χ2v) is 7.35. The van der Waals surface area contributed by atoms with Crippen molar-refractivity contribution >= 4 is 11.6 Å². The predicted octanol–water partition coefficient (Wildman–Crippen LogP) is 3.00. The van der Waals surface area contributed by atoms with Gasteiger partial charge in [0.25, 0.3) is 0 Å². The standard InChI is InChI=1S/C23H32N4O2/c1-17-5-8-20(9-6-17)27-14-12-19(16-27)26-23(24-2)25-13-11-18-7-10-21(28-3)22(15-18)29-4/h5-10,15,19H,11-14,16H2,1-4H3,(H2,24,25,26). The molecular formula is C23H32N4O2. The number of methoxy groups -OCH3 is 2. The molecule has 0 bridgehead atoms. The van der Waals surface area contributed by atoms with Crippen molar-refractivity contribution in [2.75, 3.05) is 45.8 Å². The number of hydrogen-bond donors (Lipinski definition) is 2. The second kappa shape index (κ2) is 10.0. The number of aryl methyl sites for hydroxylation is 1. The molecule has 1 atom stereocenters. The summed E-state index contributed by atoms with van der Waals surface area (Å²) in [6.45, 7) is 4.96. The highest BCUT2D eigenvalue weighted by Gasteiger charge is 2.23. The van der Waals surface area contributed by atoms with Crippen LogP contribution in [0.3, 0.4) is 0 Å². The van der Waals surface area contributed by atoms with Gasteiger partial charge in [0, 0.05) is 38.4 Å². The summed E-state index contributed by atoms with van der Waals surface area (Å²) >= 11 is 0. The van der Waals surface area contributed by atoms with E-state index >= 15 is 0 Å². The first kappa shape index (κ1) is 20.8. The van der Waals surface area contributed by atoms with Gasteiger partial charge in [-0.15, -0.1) is 0 Å². The molecule has 1 heterocycles. The number of guanidine groups is 1. The zero-order valence-corrected chi connectivity index (χ0v) is 17.9. The Bertz CT molecular complexity index is 820. The van der Waals surface area contributed by atoms with Gasteiger partial charge in [-0.05, 0) is 49.6 Å². The van der Waals surface area contributed by atoms with E-state index in [1.54, 1.807) is 14.2 Å². The molecule has 0 aromatic heterocycles. The normalized spacial score (nSPS) is 16.6. The van der Waals surface area contributed by atoms with E-state index in [1.807, 2.05) is 19.2 Å². The van der Waals surface area contributed by atoms with Crippen molar-refractivity contribution in [1.82, 2.24) is 10.6 Å². The van der Waals surface area contributed by atoms with Gasteiger partial charge in [-0.25, -0.2) is 0 Å². The summed E-state index contributed by atoms with van der Waals surface area (Å²) in [5.74, 6) is 2.36. The molecule has 6 nitrogen and oxygen atoms in total. The van der Waals surface area contributed by atoms with Crippen LogP contribution < -0.4 is 25.0 Å². The van der Waals surface area contributed by atoms with Crippen LogP contribution in [0.4, 0.5) is 5.69 Å². The van der Waals surface area contributed by atoms with Gasteiger partial charge in [-0.1, -0.05) is 23.8 Å². The third kappa shape index (κ3) is 5.56. The van der Waals surface area contributed by atoms with Crippen LogP contribution in [-0.4, -0.2) is 52.9 Å². The molecular weight excluding hydrogens is 364 g/mol. The van der Waals surface area contributed by atoms with Crippen molar-refractivity contribution in [3.8, 4) is 11.5 Å². The monoisotopic (exact) mass is 396 g/mol. The van der Waals surface area contributed by atoms with E-state index in [9.17, 15) is 0 Å². The van der Waals surface area contributed by atoms with E-state index in [4.69, 9.17) is 9.47 Å². The van der Waals surface area contributed by atoms with Crippen molar-refractivity contribution in [1.29, 1.82) is 0 Å². The van der Waals surface area contributed by atoms with Crippen LogP contribution in [-0.2, 0) is 6.42 Å². The summed E-state index contributed by atoms with van der Waals surface area (Å²) in [6.07, 6.45) is 1.98. The number of aliphatic imine (C=N–C) groups is 1. The molecule has 1 aliphatic rings. The number of nitrogens with one attached hydrogen (secondary N) is 2. The molecule has 0 saturated carbocycles. The Balaban J connectivity index is 1.47. The summed E-state index contributed by atoms with van der Waals surface area (Å²) in [4.78, 5) is 6.81.